The number of nitrogens with two attached hydrogens (primary N) is 1. The van der Waals surface area contributed by atoms with E-state index in [2.05, 4.69) is 20.9 Å². The first-order valence-corrected chi connectivity index (χ1v) is 9.17. The number of rotatable bonds is 3. The van der Waals surface area contributed by atoms with Gasteiger partial charge >= 0.3 is 5.97 Å². The zero-order chi connectivity index (χ0) is 18.5. The van der Waals surface area contributed by atoms with Gasteiger partial charge in [0.25, 0.3) is 0 Å². The quantitative estimate of drug-likeness (QED) is 0.611. The van der Waals surface area contributed by atoms with E-state index in [-0.39, 0.29) is 0 Å². The van der Waals surface area contributed by atoms with Crippen LogP contribution in [0, 0.1) is 0 Å². The Morgan fingerprint density at radius 1 is 1.15 bits per heavy atom. The average Bonchev–Trinajstić information content (AvgIpc) is 2.99. The summed E-state index contributed by atoms with van der Waals surface area (Å²) in [5.41, 5.74) is 7.89. The predicted octanol–water partition coefficient (Wildman–Crippen LogP) is 3.74. The Bertz CT molecular complexity index is 1040. The molecule has 1 aliphatic rings. The van der Waals surface area contributed by atoms with Gasteiger partial charge in [0.05, 0.1) is 0 Å². The number of aryl methyl sites for hydroxylation is 1. The zero-order valence-corrected chi connectivity index (χ0v) is 15.5. The van der Waals surface area contributed by atoms with Gasteiger partial charge in [-0.05, 0) is 60.7 Å². The van der Waals surface area contributed by atoms with Crippen LogP contribution >= 0.6 is 15.9 Å². The van der Waals surface area contributed by atoms with Crippen LogP contribution in [0.25, 0.3) is 10.9 Å². The fourth-order valence-electron chi connectivity index (χ4n) is 4.04. The molecule has 132 valence electrons. The first-order valence-electron chi connectivity index (χ1n) is 8.38. The van der Waals surface area contributed by atoms with Gasteiger partial charge in [0.2, 0.25) is 5.91 Å². The Balaban J connectivity index is 1.97. The van der Waals surface area contributed by atoms with Crippen molar-refractivity contribution in [3.05, 3.63) is 69.3 Å². The van der Waals surface area contributed by atoms with E-state index >= 15 is 0 Å². The van der Waals surface area contributed by atoms with E-state index in [9.17, 15) is 14.7 Å². The molecule has 5 nitrogen and oxygen atoms in total. The summed E-state index contributed by atoms with van der Waals surface area (Å²) in [5.74, 6) is -1.42. The summed E-state index contributed by atoms with van der Waals surface area (Å²) in [6.45, 7) is 0. The normalized spacial score (nSPS) is 19.3. The van der Waals surface area contributed by atoms with E-state index in [1.54, 1.807) is 24.3 Å². The molecule has 1 unspecified atom stereocenters. The van der Waals surface area contributed by atoms with Crippen LogP contribution in [0.2, 0.25) is 0 Å². The lowest BCUT2D eigenvalue weighted by Crippen LogP contribution is -2.40. The van der Waals surface area contributed by atoms with Crippen LogP contribution in [-0.2, 0) is 16.6 Å². The summed E-state index contributed by atoms with van der Waals surface area (Å²) < 4.78 is 0.962. The monoisotopic (exact) mass is 412 g/mol. The van der Waals surface area contributed by atoms with Crippen molar-refractivity contribution in [1.29, 1.82) is 0 Å². The molecule has 0 saturated carbocycles. The number of halogens is 1. The molecule has 26 heavy (non-hydrogen) atoms. The molecule has 2 aromatic carbocycles. The minimum Gasteiger partial charge on any atom is -0.480 e. The Morgan fingerprint density at radius 2 is 1.88 bits per heavy atom. The second-order valence-corrected chi connectivity index (χ2v) is 7.59. The number of carboxylic acids is 1. The predicted molar refractivity (Wildman–Crippen MR) is 102 cm³/mol. The Morgan fingerprint density at radius 3 is 2.54 bits per heavy atom. The average molecular weight is 413 g/mol. The number of nitrogens with one attached hydrogen (secondary N) is 1. The number of fused-ring (bicyclic) bond motifs is 3. The molecule has 1 heterocycles. The number of aliphatic carboxylic acids is 1. The lowest BCUT2D eigenvalue weighted by atomic mass is 9.68. The van der Waals surface area contributed by atoms with Crippen LogP contribution in [0.4, 0.5) is 0 Å². The summed E-state index contributed by atoms with van der Waals surface area (Å²) in [6.07, 6.45) is 2.11. The van der Waals surface area contributed by atoms with Crippen molar-refractivity contribution >= 4 is 38.7 Å². The second kappa shape index (κ2) is 5.99. The number of amides is 1. The van der Waals surface area contributed by atoms with Crippen molar-refractivity contribution in [2.24, 2.45) is 5.73 Å². The highest BCUT2D eigenvalue weighted by molar-refractivity contribution is 9.10. The minimum absolute atomic E-state index is 0.367. The van der Waals surface area contributed by atoms with Gasteiger partial charge in [-0.15, -0.1) is 0 Å². The minimum atomic E-state index is -1.16. The number of H-pyrrole nitrogens is 1. The highest BCUT2D eigenvalue weighted by Gasteiger charge is 2.47. The molecular formula is C20H17BrN2O3. The number of aromatic amines is 1. The first-order chi connectivity index (χ1) is 12.4. The largest absolute Gasteiger partial charge is 0.480 e. The smallest absolute Gasteiger partial charge is 0.320 e. The van der Waals surface area contributed by atoms with E-state index < -0.39 is 17.3 Å². The fraction of sp³-hybridized carbons (Fsp3) is 0.200. The summed E-state index contributed by atoms with van der Waals surface area (Å²) >= 11 is 3.49. The van der Waals surface area contributed by atoms with Gasteiger partial charge in [-0.3, -0.25) is 9.59 Å². The summed E-state index contributed by atoms with van der Waals surface area (Å²) in [7, 11) is 0. The number of hydrogen-bond acceptors (Lipinski definition) is 2. The van der Waals surface area contributed by atoms with Gasteiger partial charge in [-0.2, -0.15) is 0 Å². The van der Waals surface area contributed by atoms with Crippen LogP contribution in [0.5, 0.6) is 0 Å². The lowest BCUT2D eigenvalue weighted by molar-refractivity contribution is -0.142. The number of carboxylic acid groups (broad SMARTS) is 1. The summed E-state index contributed by atoms with van der Waals surface area (Å²) in [6, 6.07) is 12.5. The van der Waals surface area contributed by atoms with Gasteiger partial charge in [0.15, 0.2) is 0 Å². The molecule has 0 saturated heterocycles. The Kier molecular flexibility index (Phi) is 3.88. The van der Waals surface area contributed by atoms with Crippen LogP contribution in [0.1, 0.15) is 40.0 Å². The van der Waals surface area contributed by atoms with Gasteiger partial charge in [0.1, 0.15) is 5.41 Å². The molecule has 0 fully saturated rings. The molecule has 4 rings (SSSR count). The van der Waals surface area contributed by atoms with Crippen molar-refractivity contribution in [2.75, 3.05) is 0 Å². The highest BCUT2D eigenvalue weighted by atomic mass is 79.9. The molecule has 0 bridgehead atoms. The topological polar surface area (TPSA) is 96.2 Å². The molecule has 3 aromatic rings. The van der Waals surface area contributed by atoms with E-state index in [0.717, 1.165) is 39.5 Å². The molecule has 4 N–H and O–H groups in total. The van der Waals surface area contributed by atoms with Crippen molar-refractivity contribution < 1.29 is 14.7 Å². The molecule has 1 aromatic heterocycles. The van der Waals surface area contributed by atoms with Gasteiger partial charge in [-0.1, -0.05) is 28.1 Å². The van der Waals surface area contributed by atoms with Crippen molar-refractivity contribution in [1.82, 2.24) is 4.98 Å². The van der Waals surface area contributed by atoms with Gasteiger partial charge in [-0.25, -0.2) is 0 Å². The van der Waals surface area contributed by atoms with Crippen LogP contribution in [-0.4, -0.2) is 22.0 Å². The Labute approximate surface area is 158 Å². The van der Waals surface area contributed by atoms with Crippen LogP contribution < -0.4 is 5.73 Å². The number of primary amides is 1. The van der Waals surface area contributed by atoms with Gasteiger partial charge < -0.3 is 15.8 Å². The standard InChI is InChI=1S/C20H17BrN2O3/c21-13-7-8-16-15(10-13)14-2-1-9-20(19(25)26,17(14)23-16)12-5-3-11(4-6-12)18(22)24/h3-8,10,23H,1-2,9H2,(H2,22,24)(H,25,26). The third-order valence-electron chi connectivity index (χ3n) is 5.30. The highest BCUT2D eigenvalue weighted by Crippen LogP contribution is 2.45. The first kappa shape index (κ1) is 16.8. The maximum Gasteiger partial charge on any atom is 0.320 e. The third-order valence-corrected chi connectivity index (χ3v) is 5.79. The lowest BCUT2D eigenvalue weighted by Gasteiger charge is -2.34. The maximum absolute atomic E-state index is 12.5. The maximum atomic E-state index is 12.5. The molecule has 6 heteroatoms. The van der Waals surface area contributed by atoms with E-state index in [1.807, 2.05) is 18.2 Å². The number of benzene rings is 2. The Hall–Kier alpha value is -2.60. The molecule has 0 spiro atoms. The number of aromatic nitrogens is 1. The molecular weight excluding hydrogens is 396 g/mol. The van der Waals surface area contributed by atoms with Gasteiger partial charge in [0, 0.05) is 26.6 Å². The number of hydrogen-bond donors (Lipinski definition) is 3. The zero-order valence-electron chi connectivity index (χ0n) is 13.9. The molecule has 1 atom stereocenters. The molecule has 0 radical (unpaired) electrons. The second-order valence-electron chi connectivity index (χ2n) is 6.67. The fourth-order valence-corrected chi connectivity index (χ4v) is 4.41. The SMILES string of the molecule is NC(=O)c1ccc(C2(C(=O)O)CCCc3c2[nH]c2ccc(Br)cc32)cc1. The molecule has 1 amide bonds. The van der Waals surface area contributed by atoms with E-state index in [1.165, 1.54) is 0 Å². The van der Waals surface area contributed by atoms with Crippen molar-refractivity contribution in [3.8, 4) is 0 Å². The third kappa shape index (κ3) is 2.36. The van der Waals surface area contributed by atoms with E-state index in [0.29, 0.717) is 17.5 Å². The summed E-state index contributed by atoms with van der Waals surface area (Å²) in [5, 5.41) is 11.3. The summed E-state index contributed by atoms with van der Waals surface area (Å²) in [4.78, 5) is 27.2. The van der Waals surface area contributed by atoms with Crippen molar-refractivity contribution in [3.63, 3.8) is 0 Å². The van der Waals surface area contributed by atoms with E-state index in [4.69, 9.17) is 5.73 Å². The van der Waals surface area contributed by atoms with Crippen LogP contribution in [0.3, 0.4) is 0 Å². The molecule has 1 aliphatic carbocycles. The number of carbonyl (C=O) groups is 2. The van der Waals surface area contributed by atoms with Crippen LogP contribution in [0.15, 0.2) is 46.9 Å². The molecule has 0 aliphatic heterocycles. The number of carbonyl (C=O) groups excluding carboxylic acids is 1. The van der Waals surface area contributed by atoms with Crippen molar-refractivity contribution in [2.45, 2.75) is 24.7 Å².